The third-order valence-corrected chi connectivity index (χ3v) is 3.97. The van der Waals surface area contributed by atoms with Crippen molar-refractivity contribution in [1.29, 1.82) is 0 Å². The molecule has 116 valence electrons. The van der Waals surface area contributed by atoms with Gasteiger partial charge >= 0.3 is 5.97 Å². The minimum absolute atomic E-state index is 0.268. The van der Waals surface area contributed by atoms with Gasteiger partial charge in [-0.2, -0.15) is 0 Å². The highest BCUT2D eigenvalue weighted by atomic mass is 79.9. The Morgan fingerprint density at radius 1 is 1.32 bits per heavy atom. The monoisotopic (exact) mass is 364 g/mol. The standard InChI is InChI=1S/C16H17BrN2O3/c1-18-10-12(17)9-13(18)15(20)19(2)14(16(21)22)8-11-6-4-3-5-7-11/h3-7,9-10,14H,8H2,1-2H3,(H,21,22). The molecule has 0 saturated carbocycles. The molecule has 2 rings (SSSR count). The van der Waals surface area contributed by atoms with Gasteiger partial charge in [0.25, 0.3) is 5.91 Å². The number of carbonyl (C=O) groups is 2. The fourth-order valence-corrected chi connectivity index (χ4v) is 2.81. The van der Waals surface area contributed by atoms with Gasteiger partial charge in [-0.1, -0.05) is 30.3 Å². The van der Waals surface area contributed by atoms with Crippen LogP contribution in [0.3, 0.4) is 0 Å². The summed E-state index contributed by atoms with van der Waals surface area (Å²) in [5, 5.41) is 9.47. The first-order valence-electron chi connectivity index (χ1n) is 6.76. The number of halogens is 1. The van der Waals surface area contributed by atoms with E-state index in [1.165, 1.54) is 11.9 Å². The molecule has 0 aliphatic carbocycles. The Bertz CT molecular complexity index is 682. The van der Waals surface area contributed by atoms with Crippen molar-refractivity contribution in [1.82, 2.24) is 9.47 Å². The van der Waals surface area contributed by atoms with E-state index < -0.39 is 12.0 Å². The lowest BCUT2D eigenvalue weighted by Crippen LogP contribution is -2.44. The van der Waals surface area contributed by atoms with Gasteiger partial charge in [-0.15, -0.1) is 0 Å². The number of aromatic nitrogens is 1. The van der Waals surface area contributed by atoms with Crippen LogP contribution >= 0.6 is 15.9 Å². The van der Waals surface area contributed by atoms with E-state index in [0.717, 1.165) is 10.0 Å². The minimum atomic E-state index is -1.02. The molecular formula is C16H17BrN2O3. The van der Waals surface area contributed by atoms with Gasteiger partial charge in [0.2, 0.25) is 0 Å². The Morgan fingerprint density at radius 3 is 2.45 bits per heavy atom. The number of carbonyl (C=O) groups excluding carboxylic acids is 1. The van der Waals surface area contributed by atoms with Crippen LogP contribution in [-0.4, -0.2) is 39.5 Å². The second kappa shape index (κ2) is 6.79. The fraction of sp³-hybridized carbons (Fsp3) is 0.250. The van der Waals surface area contributed by atoms with Crippen LogP contribution in [0.4, 0.5) is 0 Å². The number of aliphatic carboxylic acids is 1. The highest BCUT2D eigenvalue weighted by Crippen LogP contribution is 2.17. The molecule has 1 heterocycles. The average Bonchev–Trinajstić information content (AvgIpc) is 2.82. The smallest absolute Gasteiger partial charge is 0.326 e. The first kappa shape index (κ1) is 16.3. The summed E-state index contributed by atoms with van der Waals surface area (Å²) in [6.45, 7) is 0. The SMILES string of the molecule is CN(C(=O)c1cc(Br)cn1C)C(Cc1ccccc1)C(=O)O. The van der Waals surface area contributed by atoms with Gasteiger partial charge in [-0.25, -0.2) is 4.79 Å². The number of likely N-dealkylation sites (N-methyl/N-ethyl adjacent to an activating group) is 1. The zero-order chi connectivity index (χ0) is 16.3. The molecule has 0 aliphatic heterocycles. The van der Waals surface area contributed by atoms with Crippen LogP contribution in [0.2, 0.25) is 0 Å². The number of rotatable bonds is 5. The van der Waals surface area contributed by atoms with E-state index in [2.05, 4.69) is 15.9 Å². The molecule has 1 amide bonds. The van der Waals surface area contributed by atoms with E-state index in [1.54, 1.807) is 23.9 Å². The summed E-state index contributed by atoms with van der Waals surface area (Å²) in [4.78, 5) is 25.4. The van der Waals surface area contributed by atoms with Crippen molar-refractivity contribution in [3.05, 3.63) is 58.3 Å². The number of benzene rings is 1. The van der Waals surface area contributed by atoms with Crippen molar-refractivity contribution >= 4 is 27.8 Å². The van der Waals surface area contributed by atoms with Crippen LogP contribution in [0.25, 0.3) is 0 Å². The number of carboxylic acid groups (broad SMARTS) is 1. The molecule has 5 nitrogen and oxygen atoms in total. The Kier molecular flexibility index (Phi) is 5.03. The van der Waals surface area contributed by atoms with Gasteiger partial charge in [0, 0.05) is 31.2 Å². The fourth-order valence-electron chi connectivity index (χ4n) is 2.29. The molecule has 0 saturated heterocycles. The normalized spacial score (nSPS) is 12.0. The molecule has 0 aliphatic rings. The third kappa shape index (κ3) is 3.57. The highest BCUT2D eigenvalue weighted by Gasteiger charge is 2.28. The van der Waals surface area contributed by atoms with Gasteiger partial charge in [-0.05, 0) is 27.6 Å². The molecule has 2 aromatic rings. The van der Waals surface area contributed by atoms with Crippen molar-refractivity contribution in [2.75, 3.05) is 7.05 Å². The summed E-state index contributed by atoms with van der Waals surface area (Å²) >= 11 is 3.31. The number of hydrogen-bond donors (Lipinski definition) is 1. The van der Waals surface area contributed by atoms with Crippen molar-refractivity contribution in [3.63, 3.8) is 0 Å². The molecule has 1 N–H and O–H groups in total. The summed E-state index contributed by atoms with van der Waals surface area (Å²) in [6.07, 6.45) is 2.03. The summed E-state index contributed by atoms with van der Waals surface area (Å²) in [7, 11) is 3.27. The summed E-state index contributed by atoms with van der Waals surface area (Å²) in [6, 6.07) is 10.1. The molecular weight excluding hydrogens is 348 g/mol. The number of aryl methyl sites for hydroxylation is 1. The van der Waals surface area contributed by atoms with Crippen molar-refractivity contribution in [2.24, 2.45) is 7.05 Å². The average molecular weight is 365 g/mol. The first-order valence-corrected chi connectivity index (χ1v) is 7.55. The highest BCUT2D eigenvalue weighted by molar-refractivity contribution is 9.10. The number of carboxylic acids is 1. The van der Waals surface area contributed by atoms with E-state index in [1.807, 2.05) is 30.3 Å². The molecule has 0 bridgehead atoms. The lowest BCUT2D eigenvalue weighted by molar-refractivity contribution is -0.141. The second-order valence-corrected chi connectivity index (χ2v) is 6.03. The Balaban J connectivity index is 2.23. The van der Waals surface area contributed by atoms with Gasteiger partial charge in [-0.3, -0.25) is 4.79 Å². The number of hydrogen-bond acceptors (Lipinski definition) is 2. The topological polar surface area (TPSA) is 62.5 Å². The molecule has 1 unspecified atom stereocenters. The Hall–Kier alpha value is -2.08. The van der Waals surface area contributed by atoms with Gasteiger partial charge in [0.1, 0.15) is 11.7 Å². The van der Waals surface area contributed by atoms with Crippen molar-refractivity contribution in [2.45, 2.75) is 12.5 Å². The van der Waals surface area contributed by atoms with Gasteiger partial charge < -0.3 is 14.6 Å². The largest absolute Gasteiger partial charge is 0.480 e. The van der Waals surface area contributed by atoms with Crippen molar-refractivity contribution < 1.29 is 14.7 Å². The molecule has 0 fully saturated rings. The van der Waals surface area contributed by atoms with Crippen LogP contribution in [0, 0.1) is 0 Å². The van der Waals surface area contributed by atoms with Crippen LogP contribution in [0.1, 0.15) is 16.1 Å². The van der Waals surface area contributed by atoms with Gasteiger partial charge in [0.15, 0.2) is 0 Å². The minimum Gasteiger partial charge on any atom is -0.480 e. The van der Waals surface area contributed by atoms with Crippen LogP contribution < -0.4 is 0 Å². The predicted octanol–water partition coefficient (Wildman–Crippen LogP) is 2.56. The quantitative estimate of drug-likeness (QED) is 0.886. The van der Waals surface area contributed by atoms with E-state index in [9.17, 15) is 14.7 Å². The maximum absolute atomic E-state index is 12.5. The van der Waals surface area contributed by atoms with Crippen molar-refractivity contribution in [3.8, 4) is 0 Å². The van der Waals surface area contributed by atoms with Crippen LogP contribution in [-0.2, 0) is 18.3 Å². The lowest BCUT2D eigenvalue weighted by atomic mass is 10.0. The second-order valence-electron chi connectivity index (χ2n) is 5.11. The summed E-state index contributed by atoms with van der Waals surface area (Å²) in [5.74, 6) is -1.34. The molecule has 1 atom stereocenters. The van der Waals surface area contributed by atoms with Crippen LogP contribution in [0.5, 0.6) is 0 Å². The Labute approximate surface area is 137 Å². The first-order chi connectivity index (χ1) is 10.4. The molecule has 0 radical (unpaired) electrons. The molecule has 0 spiro atoms. The van der Waals surface area contributed by atoms with E-state index >= 15 is 0 Å². The van der Waals surface area contributed by atoms with Gasteiger partial charge in [0.05, 0.1) is 0 Å². The maximum Gasteiger partial charge on any atom is 0.326 e. The lowest BCUT2D eigenvalue weighted by Gasteiger charge is -2.25. The van der Waals surface area contributed by atoms with E-state index in [0.29, 0.717) is 5.69 Å². The summed E-state index contributed by atoms with van der Waals surface area (Å²) in [5.41, 5.74) is 1.32. The number of amides is 1. The van der Waals surface area contributed by atoms with Crippen LogP contribution in [0.15, 0.2) is 47.1 Å². The zero-order valence-corrected chi connectivity index (χ0v) is 13.9. The predicted molar refractivity (Wildman–Crippen MR) is 86.8 cm³/mol. The maximum atomic E-state index is 12.5. The number of nitrogens with zero attached hydrogens (tertiary/aromatic N) is 2. The Morgan fingerprint density at radius 2 is 1.95 bits per heavy atom. The molecule has 6 heteroatoms. The van der Waals surface area contributed by atoms with E-state index in [-0.39, 0.29) is 12.3 Å². The molecule has 22 heavy (non-hydrogen) atoms. The third-order valence-electron chi connectivity index (χ3n) is 3.54. The summed E-state index contributed by atoms with van der Waals surface area (Å²) < 4.78 is 2.45. The molecule has 1 aromatic carbocycles. The van der Waals surface area contributed by atoms with E-state index in [4.69, 9.17) is 0 Å². The zero-order valence-electron chi connectivity index (χ0n) is 12.4. The molecule has 1 aromatic heterocycles.